The minimum atomic E-state index is -0.965. The third-order valence-electron chi connectivity index (χ3n) is 3.44. The van der Waals surface area contributed by atoms with Crippen LogP contribution in [0.2, 0.25) is 0 Å². The predicted molar refractivity (Wildman–Crippen MR) is 67.0 cm³/mol. The number of carboxylic acids is 1. The first-order valence-corrected chi connectivity index (χ1v) is 6.16. The van der Waals surface area contributed by atoms with Crippen LogP contribution in [0, 0.1) is 0 Å². The summed E-state index contributed by atoms with van der Waals surface area (Å²) in [6.45, 7) is 3.84. The molecule has 17 heavy (non-hydrogen) atoms. The monoisotopic (exact) mass is 233 g/mol. The Bertz CT molecular complexity index is 409. The average Bonchev–Trinajstić information content (AvgIpc) is 3.12. The summed E-state index contributed by atoms with van der Waals surface area (Å²) in [6.07, 6.45) is 3.13. The minimum absolute atomic E-state index is 0.363. The number of benzene rings is 1. The summed E-state index contributed by atoms with van der Waals surface area (Å²) in [4.78, 5) is 11.5. The smallest absolute Gasteiger partial charge is 0.328 e. The van der Waals surface area contributed by atoms with Gasteiger partial charge in [-0.15, -0.1) is 0 Å². The van der Waals surface area contributed by atoms with E-state index < -0.39 is 11.5 Å². The molecule has 0 spiro atoms. The van der Waals surface area contributed by atoms with Crippen LogP contribution in [-0.2, 0) is 16.8 Å². The zero-order valence-corrected chi connectivity index (χ0v) is 10.4. The summed E-state index contributed by atoms with van der Waals surface area (Å²) in [7, 11) is 0. The largest absolute Gasteiger partial charge is 0.480 e. The van der Waals surface area contributed by atoms with E-state index in [4.69, 9.17) is 0 Å². The Balaban J connectivity index is 2.27. The van der Waals surface area contributed by atoms with Crippen LogP contribution in [0.25, 0.3) is 0 Å². The van der Waals surface area contributed by atoms with Gasteiger partial charge in [-0.05, 0) is 37.3 Å². The number of rotatable bonds is 5. The molecule has 3 heteroatoms. The lowest BCUT2D eigenvalue weighted by Gasteiger charge is -2.27. The van der Waals surface area contributed by atoms with Crippen LogP contribution in [0.1, 0.15) is 37.8 Å². The summed E-state index contributed by atoms with van der Waals surface area (Å²) < 4.78 is 0. The molecule has 1 aliphatic rings. The van der Waals surface area contributed by atoms with Gasteiger partial charge in [-0.1, -0.05) is 31.2 Å². The maximum Gasteiger partial charge on any atom is 0.328 e. The van der Waals surface area contributed by atoms with Crippen molar-refractivity contribution >= 4 is 5.97 Å². The molecule has 1 saturated carbocycles. The second-order valence-corrected chi connectivity index (χ2v) is 4.90. The third kappa shape index (κ3) is 2.50. The van der Waals surface area contributed by atoms with Crippen molar-refractivity contribution in [2.75, 3.05) is 0 Å². The van der Waals surface area contributed by atoms with Gasteiger partial charge in [0.2, 0.25) is 0 Å². The molecule has 92 valence electrons. The van der Waals surface area contributed by atoms with E-state index >= 15 is 0 Å². The van der Waals surface area contributed by atoms with Gasteiger partial charge >= 0.3 is 5.97 Å². The molecular formula is C14H19NO2. The lowest BCUT2D eigenvalue weighted by molar-refractivity contribution is -0.144. The van der Waals surface area contributed by atoms with E-state index in [0.29, 0.717) is 6.04 Å². The average molecular weight is 233 g/mol. The SMILES string of the molecule is CCc1ccc(C(C)(NC2CC2)C(=O)O)cc1. The van der Waals surface area contributed by atoms with Crippen molar-refractivity contribution in [3.8, 4) is 0 Å². The Morgan fingerprint density at radius 3 is 2.41 bits per heavy atom. The van der Waals surface area contributed by atoms with E-state index in [1.165, 1.54) is 5.56 Å². The molecule has 1 atom stereocenters. The molecule has 0 bridgehead atoms. The highest BCUT2D eigenvalue weighted by Crippen LogP contribution is 2.29. The van der Waals surface area contributed by atoms with Crippen LogP contribution in [-0.4, -0.2) is 17.1 Å². The van der Waals surface area contributed by atoms with Crippen LogP contribution in [0.5, 0.6) is 0 Å². The van der Waals surface area contributed by atoms with Gasteiger partial charge in [0, 0.05) is 6.04 Å². The quantitative estimate of drug-likeness (QED) is 0.820. The number of aryl methyl sites for hydroxylation is 1. The molecule has 1 fully saturated rings. The van der Waals surface area contributed by atoms with Crippen molar-refractivity contribution < 1.29 is 9.90 Å². The predicted octanol–water partition coefficient (Wildman–Crippen LogP) is 2.30. The van der Waals surface area contributed by atoms with Crippen LogP contribution in [0.4, 0.5) is 0 Å². The van der Waals surface area contributed by atoms with E-state index in [9.17, 15) is 9.90 Å². The van der Waals surface area contributed by atoms with E-state index in [2.05, 4.69) is 12.2 Å². The number of carbonyl (C=O) groups is 1. The number of hydrogen-bond acceptors (Lipinski definition) is 2. The highest BCUT2D eigenvalue weighted by molar-refractivity contribution is 5.80. The van der Waals surface area contributed by atoms with Gasteiger partial charge in [0.25, 0.3) is 0 Å². The normalized spacial score (nSPS) is 18.7. The molecule has 2 N–H and O–H groups in total. The summed E-state index contributed by atoms with van der Waals surface area (Å²) in [5.41, 5.74) is 1.09. The maximum absolute atomic E-state index is 11.5. The molecule has 1 aliphatic carbocycles. The van der Waals surface area contributed by atoms with E-state index in [1.54, 1.807) is 6.92 Å². The van der Waals surface area contributed by atoms with Crippen molar-refractivity contribution in [1.82, 2.24) is 5.32 Å². The third-order valence-corrected chi connectivity index (χ3v) is 3.44. The van der Waals surface area contributed by atoms with Gasteiger partial charge in [-0.25, -0.2) is 4.79 Å². The summed E-state index contributed by atoms with van der Waals surface area (Å²) >= 11 is 0. The fourth-order valence-electron chi connectivity index (χ4n) is 1.98. The molecular weight excluding hydrogens is 214 g/mol. The van der Waals surface area contributed by atoms with Gasteiger partial charge in [-0.3, -0.25) is 5.32 Å². The summed E-state index contributed by atoms with van der Waals surface area (Å²) in [5.74, 6) is -0.811. The van der Waals surface area contributed by atoms with Crippen molar-refractivity contribution in [3.63, 3.8) is 0 Å². The molecule has 0 aromatic heterocycles. The number of aliphatic carboxylic acids is 1. The number of carboxylic acid groups (broad SMARTS) is 1. The summed E-state index contributed by atoms with van der Waals surface area (Å²) in [6, 6.07) is 8.21. The molecule has 0 heterocycles. The second-order valence-electron chi connectivity index (χ2n) is 4.90. The molecule has 2 rings (SSSR count). The maximum atomic E-state index is 11.5. The molecule has 0 amide bonds. The van der Waals surface area contributed by atoms with Crippen LogP contribution < -0.4 is 5.32 Å². The Kier molecular flexibility index (Phi) is 3.20. The van der Waals surface area contributed by atoms with Gasteiger partial charge < -0.3 is 5.11 Å². The molecule has 3 nitrogen and oxygen atoms in total. The fourth-order valence-corrected chi connectivity index (χ4v) is 1.98. The first-order valence-electron chi connectivity index (χ1n) is 6.16. The Hall–Kier alpha value is -1.35. The number of hydrogen-bond donors (Lipinski definition) is 2. The van der Waals surface area contributed by atoms with E-state index in [-0.39, 0.29) is 0 Å². The van der Waals surface area contributed by atoms with Gasteiger partial charge in [0.1, 0.15) is 5.54 Å². The van der Waals surface area contributed by atoms with Crippen molar-refractivity contribution in [1.29, 1.82) is 0 Å². The highest BCUT2D eigenvalue weighted by Gasteiger charge is 2.39. The lowest BCUT2D eigenvalue weighted by Crippen LogP contribution is -2.47. The van der Waals surface area contributed by atoms with E-state index in [0.717, 1.165) is 24.8 Å². The fraction of sp³-hybridized carbons (Fsp3) is 0.500. The molecule has 1 aromatic rings. The minimum Gasteiger partial charge on any atom is -0.480 e. The summed E-state index contributed by atoms with van der Waals surface area (Å²) in [5, 5.41) is 12.6. The van der Waals surface area contributed by atoms with Crippen LogP contribution in [0.15, 0.2) is 24.3 Å². The molecule has 1 unspecified atom stereocenters. The zero-order chi connectivity index (χ0) is 12.5. The number of nitrogens with one attached hydrogen (secondary N) is 1. The van der Waals surface area contributed by atoms with Crippen molar-refractivity contribution in [3.05, 3.63) is 35.4 Å². The zero-order valence-electron chi connectivity index (χ0n) is 10.4. The highest BCUT2D eigenvalue weighted by atomic mass is 16.4. The molecule has 0 aliphatic heterocycles. The lowest BCUT2D eigenvalue weighted by atomic mass is 9.91. The standard InChI is InChI=1S/C14H19NO2/c1-3-10-4-6-11(7-5-10)14(2,13(16)17)15-12-8-9-12/h4-7,12,15H,3,8-9H2,1-2H3,(H,16,17). The topological polar surface area (TPSA) is 49.3 Å². The Morgan fingerprint density at radius 1 is 1.41 bits per heavy atom. The van der Waals surface area contributed by atoms with Crippen molar-refractivity contribution in [2.45, 2.75) is 44.7 Å². The van der Waals surface area contributed by atoms with E-state index in [1.807, 2.05) is 24.3 Å². The van der Waals surface area contributed by atoms with Crippen LogP contribution >= 0.6 is 0 Å². The van der Waals surface area contributed by atoms with Gasteiger partial charge in [-0.2, -0.15) is 0 Å². The Labute approximate surface area is 102 Å². The molecule has 0 radical (unpaired) electrons. The molecule has 1 aromatic carbocycles. The van der Waals surface area contributed by atoms with Crippen molar-refractivity contribution in [2.24, 2.45) is 0 Å². The van der Waals surface area contributed by atoms with Gasteiger partial charge in [0.05, 0.1) is 0 Å². The Morgan fingerprint density at radius 2 is 2.00 bits per heavy atom. The second kappa shape index (κ2) is 4.49. The van der Waals surface area contributed by atoms with Crippen LogP contribution in [0.3, 0.4) is 0 Å². The first-order chi connectivity index (χ1) is 8.06. The first kappa shape index (κ1) is 12.1. The van der Waals surface area contributed by atoms with Gasteiger partial charge in [0.15, 0.2) is 0 Å². The molecule has 0 saturated heterocycles.